The number of alkyl halides is 3. The summed E-state index contributed by atoms with van der Waals surface area (Å²) in [5.74, 6) is 0.579. The van der Waals surface area contributed by atoms with Crippen molar-refractivity contribution < 1.29 is 27.4 Å². The lowest BCUT2D eigenvalue weighted by Gasteiger charge is -2.27. The maximum absolute atomic E-state index is 12.7. The minimum atomic E-state index is -4.71. The molecule has 0 saturated carbocycles. The molecule has 0 aliphatic carbocycles. The number of ether oxygens (including phenoxy) is 2. The van der Waals surface area contributed by atoms with E-state index in [1.807, 2.05) is 28.8 Å². The Kier molecular flexibility index (Phi) is 5.52. The fourth-order valence-corrected chi connectivity index (χ4v) is 3.47. The van der Waals surface area contributed by atoms with Crippen molar-refractivity contribution in [1.29, 1.82) is 0 Å². The molecule has 4 rings (SSSR count). The standard InChI is InChI=1S/C21H20F3N3O3/c22-21(23,24)30-16-9-7-15(8-10-16)29-14-4-3-11-26-12-13-27-18-6-2-1-5-17(18)25-19(27)20(26)28/h1-2,5-10H,3-4,11-14H2. The lowest BCUT2D eigenvalue weighted by molar-refractivity contribution is -0.274. The van der Waals surface area contributed by atoms with Crippen LogP contribution in [0.2, 0.25) is 0 Å². The number of hydrogen-bond donors (Lipinski definition) is 0. The number of amides is 1. The Morgan fingerprint density at radius 2 is 1.70 bits per heavy atom. The average molecular weight is 419 g/mol. The number of carbonyl (C=O) groups is 1. The highest BCUT2D eigenvalue weighted by atomic mass is 19.4. The van der Waals surface area contributed by atoms with E-state index in [4.69, 9.17) is 4.74 Å². The zero-order valence-electron chi connectivity index (χ0n) is 16.1. The van der Waals surface area contributed by atoms with Crippen molar-refractivity contribution >= 4 is 16.9 Å². The molecule has 1 aliphatic heterocycles. The molecule has 2 heterocycles. The van der Waals surface area contributed by atoms with Crippen molar-refractivity contribution in [3.63, 3.8) is 0 Å². The minimum absolute atomic E-state index is 0.0707. The number of halogens is 3. The molecule has 0 fully saturated rings. The molecular formula is C21H20F3N3O3. The molecule has 1 aromatic heterocycles. The van der Waals surface area contributed by atoms with Gasteiger partial charge in [0, 0.05) is 19.6 Å². The van der Waals surface area contributed by atoms with Crippen molar-refractivity contribution in [2.75, 3.05) is 19.7 Å². The Labute approximate surface area is 170 Å². The third kappa shape index (κ3) is 4.50. The summed E-state index contributed by atoms with van der Waals surface area (Å²) in [5, 5.41) is 0. The molecule has 9 heteroatoms. The van der Waals surface area contributed by atoms with Crippen LogP contribution in [0, 0.1) is 0 Å². The van der Waals surface area contributed by atoms with Crippen LogP contribution in [0.5, 0.6) is 11.5 Å². The monoisotopic (exact) mass is 419 g/mol. The summed E-state index contributed by atoms with van der Waals surface area (Å²) in [6, 6.07) is 13.0. The van der Waals surface area contributed by atoms with Gasteiger partial charge in [-0.1, -0.05) is 12.1 Å². The van der Waals surface area contributed by atoms with Gasteiger partial charge in [-0.05, 0) is 49.2 Å². The molecule has 30 heavy (non-hydrogen) atoms. The second-order valence-corrected chi connectivity index (χ2v) is 6.94. The second kappa shape index (κ2) is 8.25. The number of imidazole rings is 1. The molecule has 1 amide bonds. The lowest BCUT2D eigenvalue weighted by atomic mass is 10.2. The van der Waals surface area contributed by atoms with Crippen LogP contribution >= 0.6 is 0 Å². The smallest absolute Gasteiger partial charge is 0.494 e. The molecule has 0 atom stereocenters. The van der Waals surface area contributed by atoms with E-state index in [9.17, 15) is 18.0 Å². The van der Waals surface area contributed by atoms with Gasteiger partial charge < -0.3 is 18.9 Å². The number of hydrogen-bond acceptors (Lipinski definition) is 4. The summed E-state index contributed by atoms with van der Waals surface area (Å²) in [6.45, 7) is 2.35. The summed E-state index contributed by atoms with van der Waals surface area (Å²) < 4.78 is 47.8. The number of unbranched alkanes of at least 4 members (excludes halogenated alkanes) is 1. The molecule has 1 aliphatic rings. The Hall–Kier alpha value is -3.23. The fourth-order valence-electron chi connectivity index (χ4n) is 3.47. The van der Waals surface area contributed by atoms with Gasteiger partial charge in [-0.15, -0.1) is 13.2 Å². The van der Waals surface area contributed by atoms with Crippen molar-refractivity contribution in [2.24, 2.45) is 0 Å². The van der Waals surface area contributed by atoms with E-state index in [2.05, 4.69) is 9.72 Å². The van der Waals surface area contributed by atoms with Crippen molar-refractivity contribution in [1.82, 2.24) is 14.5 Å². The highest BCUT2D eigenvalue weighted by molar-refractivity contribution is 5.95. The topological polar surface area (TPSA) is 56.6 Å². The SMILES string of the molecule is O=C1c2nc3ccccc3n2CCN1CCCCOc1ccc(OC(F)(F)F)cc1. The van der Waals surface area contributed by atoms with Crippen LogP contribution in [0.1, 0.15) is 23.5 Å². The van der Waals surface area contributed by atoms with Crippen molar-refractivity contribution in [3.05, 3.63) is 54.4 Å². The van der Waals surface area contributed by atoms with Crippen LogP contribution in [-0.4, -0.2) is 46.4 Å². The quantitative estimate of drug-likeness (QED) is 0.538. The van der Waals surface area contributed by atoms with Gasteiger partial charge in [0.2, 0.25) is 0 Å². The Bertz CT molecular complexity index is 1030. The van der Waals surface area contributed by atoms with Gasteiger partial charge in [0.15, 0.2) is 5.82 Å². The summed E-state index contributed by atoms with van der Waals surface area (Å²) in [5.41, 5.74) is 1.79. The van der Waals surface area contributed by atoms with E-state index in [0.717, 1.165) is 17.5 Å². The number of carbonyl (C=O) groups excluding carboxylic acids is 1. The minimum Gasteiger partial charge on any atom is -0.494 e. The molecule has 0 unspecified atom stereocenters. The molecule has 0 bridgehead atoms. The van der Waals surface area contributed by atoms with Crippen LogP contribution in [0.25, 0.3) is 11.0 Å². The first kappa shape index (κ1) is 20.1. The summed E-state index contributed by atoms with van der Waals surface area (Å²) in [4.78, 5) is 19.0. The predicted octanol–water partition coefficient (Wildman–Crippen LogP) is 4.25. The van der Waals surface area contributed by atoms with E-state index in [0.29, 0.717) is 44.2 Å². The van der Waals surface area contributed by atoms with Crippen LogP contribution in [0.15, 0.2) is 48.5 Å². The normalized spacial score (nSPS) is 14.1. The first-order valence-electron chi connectivity index (χ1n) is 9.64. The van der Waals surface area contributed by atoms with Crippen molar-refractivity contribution in [2.45, 2.75) is 25.7 Å². The number of fused-ring (bicyclic) bond motifs is 3. The predicted molar refractivity (Wildman–Crippen MR) is 103 cm³/mol. The molecule has 3 aromatic rings. The zero-order valence-corrected chi connectivity index (χ0v) is 16.1. The number of para-hydroxylation sites is 2. The second-order valence-electron chi connectivity index (χ2n) is 6.94. The van der Waals surface area contributed by atoms with Gasteiger partial charge in [0.1, 0.15) is 11.5 Å². The molecule has 2 aromatic carbocycles. The summed E-state index contributed by atoms with van der Waals surface area (Å²) in [6.07, 6.45) is -3.25. The maximum Gasteiger partial charge on any atom is 0.573 e. The van der Waals surface area contributed by atoms with Gasteiger partial charge in [0.05, 0.1) is 17.6 Å². The first-order chi connectivity index (χ1) is 14.4. The van der Waals surface area contributed by atoms with Gasteiger partial charge in [-0.3, -0.25) is 4.79 Å². The van der Waals surface area contributed by atoms with Gasteiger partial charge in [0.25, 0.3) is 5.91 Å². The largest absolute Gasteiger partial charge is 0.573 e. The molecular weight excluding hydrogens is 399 g/mol. The fraction of sp³-hybridized carbons (Fsp3) is 0.333. The van der Waals surface area contributed by atoms with Crippen LogP contribution < -0.4 is 9.47 Å². The van der Waals surface area contributed by atoms with E-state index in [1.54, 1.807) is 4.90 Å². The van der Waals surface area contributed by atoms with E-state index in [-0.39, 0.29) is 11.7 Å². The van der Waals surface area contributed by atoms with E-state index >= 15 is 0 Å². The molecule has 6 nitrogen and oxygen atoms in total. The Balaban J connectivity index is 1.23. The maximum atomic E-state index is 12.7. The van der Waals surface area contributed by atoms with Gasteiger partial charge in [-0.2, -0.15) is 0 Å². The van der Waals surface area contributed by atoms with Crippen LogP contribution in [0.4, 0.5) is 13.2 Å². The molecule has 0 spiro atoms. The van der Waals surface area contributed by atoms with Crippen LogP contribution in [0.3, 0.4) is 0 Å². The number of benzene rings is 2. The Morgan fingerprint density at radius 3 is 2.47 bits per heavy atom. The van der Waals surface area contributed by atoms with Crippen molar-refractivity contribution in [3.8, 4) is 11.5 Å². The average Bonchev–Trinajstić information content (AvgIpc) is 3.09. The molecule has 158 valence electrons. The van der Waals surface area contributed by atoms with Gasteiger partial charge >= 0.3 is 6.36 Å². The molecule has 0 saturated heterocycles. The Morgan fingerprint density at radius 1 is 0.967 bits per heavy atom. The lowest BCUT2D eigenvalue weighted by Crippen LogP contribution is -2.41. The first-order valence-corrected chi connectivity index (χ1v) is 9.64. The van der Waals surface area contributed by atoms with Gasteiger partial charge in [-0.25, -0.2) is 4.98 Å². The molecule has 0 N–H and O–H groups in total. The van der Waals surface area contributed by atoms with Crippen LogP contribution in [-0.2, 0) is 6.54 Å². The highest BCUT2D eigenvalue weighted by Crippen LogP contribution is 2.25. The third-order valence-electron chi connectivity index (χ3n) is 4.87. The summed E-state index contributed by atoms with van der Waals surface area (Å²) >= 11 is 0. The number of aromatic nitrogens is 2. The number of rotatable bonds is 7. The zero-order chi connectivity index (χ0) is 21.1. The van der Waals surface area contributed by atoms with E-state index in [1.165, 1.54) is 24.3 Å². The molecule has 0 radical (unpaired) electrons. The highest BCUT2D eigenvalue weighted by Gasteiger charge is 2.31. The number of nitrogens with zero attached hydrogens (tertiary/aromatic N) is 3. The van der Waals surface area contributed by atoms with E-state index < -0.39 is 6.36 Å². The third-order valence-corrected chi connectivity index (χ3v) is 4.87. The summed E-state index contributed by atoms with van der Waals surface area (Å²) in [7, 11) is 0.